The summed E-state index contributed by atoms with van der Waals surface area (Å²) in [5.41, 5.74) is 4.81. The number of nitrogens with zero attached hydrogens (tertiary/aromatic N) is 1. The Bertz CT molecular complexity index is 530. The first-order valence-electron chi connectivity index (χ1n) is 5.88. The molecule has 0 bridgehead atoms. The van der Waals surface area contributed by atoms with Crippen molar-refractivity contribution in [3.63, 3.8) is 0 Å². The predicted molar refractivity (Wildman–Crippen MR) is 71.2 cm³/mol. The number of rotatable bonds is 5. The third-order valence-corrected chi connectivity index (χ3v) is 2.47. The summed E-state index contributed by atoms with van der Waals surface area (Å²) < 4.78 is 0. The summed E-state index contributed by atoms with van der Waals surface area (Å²) >= 11 is 0. The van der Waals surface area contributed by atoms with Crippen molar-refractivity contribution in [3.05, 3.63) is 23.9 Å². The predicted octanol–water partition coefficient (Wildman–Crippen LogP) is 0.411. The molecular formula is C12H16N4O4. The van der Waals surface area contributed by atoms with Crippen LogP contribution in [0.4, 0.5) is 10.6 Å². The minimum absolute atomic E-state index is 0.0896. The van der Waals surface area contributed by atoms with Gasteiger partial charge in [0.05, 0.1) is 0 Å². The molecule has 5 N–H and O–H groups in total. The molecule has 1 rings (SSSR count). The third-order valence-electron chi connectivity index (χ3n) is 2.47. The van der Waals surface area contributed by atoms with E-state index in [1.165, 1.54) is 18.2 Å². The number of hydrogen-bond donors (Lipinski definition) is 4. The van der Waals surface area contributed by atoms with Crippen molar-refractivity contribution in [2.45, 2.75) is 19.9 Å². The highest BCUT2D eigenvalue weighted by Crippen LogP contribution is 2.08. The van der Waals surface area contributed by atoms with E-state index in [2.05, 4.69) is 15.6 Å². The quantitative estimate of drug-likeness (QED) is 0.619. The Morgan fingerprint density at radius 3 is 2.45 bits per heavy atom. The zero-order valence-electron chi connectivity index (χ0n) is 11.1. The first-order valence-corrected chi connectivity index (χ1v) is 5.88. The molecule has 1 aromatic rings. The van der Waals surface area contributed by atoms with Gasteiger partial charge in [0, 0.05) is 0 Å². The lowest BCUT2D eigenvalue weighted by molar-refractivity contribution is -0.118. The van der Waals surface area contributed by atoms with E-state index < -0.39 is 23.9 Å². The number of aromatic nitrogens is 1. The molecular weight excluding hydrogens is 264 g/mol. The Kier molecular flexibility index (Phi) is 5.01. The van der Waals surface area contributed by atoms with E-state index in [0.717, 1.165) is 0 Å². The lowest BCUT2D eigenvalue weighted by atomic mass is 10.0. The number of nitrogens with one attached hydrogen (secondary N) is 2. The van der Waals surface area contributed by atoms with Crippen LogP contribution in [0.15, 0.2) is 18.2 Å². The number of amides is 3. The molecule has 0 saturated heterocycles. The molecule has 0 aliphatic carbocycles. The summed E-state index contributed by atoms with van der Waals surface area (Å²) in [6, 6.07) is 2.57. The number of carboxylic acid groups (broad SMARTS) is 1. The maximum absolute atomic E-state index is 12.0. The van der Waals surface area contributed by atoms with Crippen molar-refractivity contribution in [1.82, 2.24) is 10.3 Å². The van der Waals surface area contributed by atoms with Gasteiger partial charge in [0.15, 0.2) is 5.69 Å². The first kappa shape index (κ1) is 15.4. The fourth-order valence-corrected chi connectivity index (χ4v) is 1.52. The van der Waals surface area contributed by atoms with Gasteiger partial charge in [-0.3, -0.25) is 4.79 Å². The number of hydrogen-bond acceptors (Lipinski definition) is 4. The van der Waals surface area contributed by atoms with Crippen LogP contribution >= 0.6 is 0 Å². The molecule has 20 heavy (non-hydrogen) atoms. The number of aromatic carboxylic acids is 1. The maximum atomic E-state index is 12.0. The van der Waals surface area contributed by atoms with Crippen molar-refractivity contribution < 1.29 is 19.5 Å². The van der Waals surface area contributed by atoms with E-state index >= 15 is 0 Å². The van der Waals surface area contributed by atoms with Crippen LogP contribution in [0.2, 0.25) is 0 Å². The number of carbonyl (C=O) groups excluding carboxylic acids is 2. The Hall–Kier alpha value is -2.64. The van der Waals surface area contributed by atoms with E-state index in [9.17, 15) is 14.4 Å². The summed E-state index contributed by atoms with van der Waals surface area (Å²) in [6.07, 6.45) is 0. The van der Waals surface area contributed by atoms with Crippen molar-refractivity contribution >= 4 is 23.7 Å². The summed E-state index contributed by atoms with van der Waals surface area (Å²) in [4.78, 5) is 37.4. The van der Waals surface area contributed by atoms with Crippen LogP contribution in [-0.4, -0.2) is 34.0 Å². The van der Waals surface area contributed by atoms with Gasteiger partial charge in [0.1, 0.15) is 11.9 Å². The summed E-state index contributed by atoms with van der Waals surface area (Å²) in [7, 11) is 0. The highest BCUT2D eigenvalue weighted by atomic mass is 16.4. The molecule has 8 heteroatoms. The van der Waals surface area contributed by atoms with Gasteiger partial charge in [-0.15, -0.1) is 0 Å². The summed E-state index contributed by atoms with van der Waals surface area (Å²) in [6.45, 7) is 3.47. The van der Waals surface area contributed by atoms with Crippen LogP contribution < -0.4 is 16.4 Å². The van der Waals surface area contributed by atoms with Crippen LogP contribution in [0.1, 0.15) is 24.3 Å². The van der Waals surface area contributed by atoms with Crippen LogP contribution in [0.5, 0.6) is 0 Å². The standard InChI is InChI=1S/C12H16N4O4/c1-6(2)9(16-12(13)20)10(17)15-8-5-3-4-7(14-8)11(18)19/h3-6,9H,1-2H3,(H,18,19)(H3,13,16,20)(H,14,15,17). The Balaban J connectivity index is 2.85. The van der Waals surface area contributed by atoms with Gasteiger partial charge in [-0.05, 0) is 18.1 Å². The van der Waals surface area contributed by atoms with Crippen molar-refractivity contribution in [1.29, 1.82) is 0 Å². The van der Waals surface area contributed by atoms with Gasteiger partial charge in [-0.1, -0.05) is 19.9 Å². The molecule has 1 atom stereocenters. The highest BCUT2D eigenvalue weighted by molar-refractivity contribution is 5.96. The number of nitrogens with two attached hydrogens (primary N) is 1. The Labute approximate surface area is 115 Å². The molecule has 0 radical (unpaired) electrons. The SMILES string of the molecule is CC(C)C(NC(N)=O)C(=O)Nc1cccc(C(=O)O)n1. The Morgan fingerprint density at radius 1 is 1.30 bits per heavy atom. The van der Waals surface area contributed by atoms with E-state index in [0.29, 0.717) is 0 Å². The van der Waals surface area contributed by atoms with Crippen LogP contribution in [0.25, 0.3) is 0 Å². The highest BCUT2D eigenvalue weighted by Gasteiger charge is 2.23. The van der Waals surface area contributed by atoms with Gasteiger partial charge in [-0.25, -0.2) is 14.6 Å². The Morgan fingerprint density at radius 2 is 1.95 bits per heavy atom. The molecule has 0 spiro atoms. The molecule has 0 fully saturated rings. The van der Waals surface area contributed by atoms with Gasteiger partial charge in [-0.2, -0.15) is 0 Å². The fraction of sp³-hybridized carbons (Fsp3) is 0.333. The van der Waals surface area contributed by atoms with Gasteiger partial charge >= 0.3 is 12.0 Å². The minimum Gasteiger partial charge on any atom is -0.477 e. The molecule has 1 aromatic heterocycles. The van der Waals surface area contributed by atoms with E-state index in [1.54, 1.807) is 13.8 Å². The average Bonchev–Trinajstić information content (AvgIpc) is 2.35. The van der Waals surface area contributed by atoms with E-state index in [-0.39, 0.29) is 17.4 Å². The average molecular weight is 280 g/mol. The number of carbonyl (C=O) groups is 3. The molecule has 3 amide bonds. The molecule has 0 saturated carbocycles. The van der Waals surface area contributed by atoms with Crippen LogP contribution in [0.3, 0.4) is 0 Å². The lowest BCUT2D eigenvalue weighted by Gasteiger charge is -2.20. The second kappa shape index (κ2) is 6.50. The molecule has 0 aliphatic rings. The molecule has 1 heterocycles. The molecule has 8 nitrogen and oxygen atoms in total. The largest absolute Gasteiger partial charge is 0.477 e. The topological polar surface area (TPSA) is 134 Å². The minimum atomic E-state index is -1.20. The monoisotopic (exact) mass is 280 g/mol. The number of primary amides is 1. The number of pyridine rings is 1. The molecule has 0 aromatic carbocycles. The normalized spacial score (nSPS) is 11.8. The molecule has 0 aliphatic heterocycles. The zero-order valence-corrected chi connectivity index (χ0v) is 11.1. The zero-order chi connectivity index (χ0) is 15.3. The van der Waals surface area contributed by atoms with Gasteiger partial charge < -0.3 is 21.5 Å². The molecule has 1 unspecified atom stereocenters. The third kappa shape index (κ3) is 4.23. The van der Waals surface area contributed by atoms with Gasteiger partial charge in [0.25, 0.3) is 0 Å². The smallest absolute Gasteiger partial charge is 0.354 e. The summed E-state index contributed by atoms with van der Waals surface area (Å²) in [5.74, 6) is -1.82. The van der Waals surface area contributed by atoms with Gasteiger partial charge in [0.2, 0.25) is 5.91 Å². The number of urea groups is 1. The second-order valence-electron chi connectivity index (χ2n) is 4.43. The fourth-order valence-electron chi connectivity index (χ4n) is 1.52. The van der Waals surface area contributed by atoms with Crippen molar-refractivity contribution in [2.75, 3.05) is 5.32 Å². The first-order chi connectivity index (χ1) is 9.31. The van der Waals surface area contributed by atoms with Crippen LogP contribution in [-0.2, 0) is 4.79 Å². The second-order valence-corrected chi connectivity index (χ2v) is 4.43. The van der Waals surface area contributed by atoms with E-state index in [1.807, 2.05) is 0 Å². The lowest BCUT2D eigenvalue weighted by Crippen LogP contribution is -2.49. The number of anilines is 1. The summed E-state index contributed by atoms with van der Waals surface area (Å²) in [5, 5.41) is 13.6. The van der Waals surface area contributed by atoms with Crippen LogP contribution in [0, 0.1) is 5.92 Å². The maximum Gasteiger partial charge on any atom is 0.354 e. The van der Waals surface area contributed by atoms with Crippen molar-refractivity contribution in [2.24, 2.45) is 11.7 Å². The van der Waals surface area contributed by atoms with E-state index in [4.69, 9.17) is 10.8 Å². The molecule has 108 valence electrons. The van der Waals surface area contributed by atoms with Crippen molar-refractivity contribution in [3.8, 4) is 0 Å². The number of carboxylic acids is 1.